The van der Waals surface area contributed by atoms with Crippen LogP contribution in [0, 0.1) is 5.82 Å². The second kappa shape index (κ2) is 5.91. The van der Waals surface area contributed by atoms with Crippen LogP contribution in [0.5, 0.6) is 5.75 Å². The second-order valence-corrected chi connectivity index (χ2v) is 4.01. The number of allylic oxidation sites excluding steroid dienone is 2. The molecule has 1 aromatic rings. The summed E-state index contributed by atoms with van der Waals surface area (Å²) in [5.74, 6) is -0.0337. The molecule has 0 fully saturated rings. The SMILES string of the molecule is COc1ccc(C(C)=CCCBr)cc1F. The highest BCUT2D eigenvalue weighted by Gasteiger charge is 2.03. The fraction of sp³-hybridized carbons (Fsp3) is 0.333. The van der Waals surface area contributed by atoms with Crippen LogP contribution in [0.25, 0.3) is 5.57 Å². The van der Waals surface area contributed by atoms with E-state index in [9.17, 15) is 4.39 Å². The van der Waals surface area contributed by atoms with E-state index >= 15 is 0 Å². The smallest absolute Gasteiger partial charge is 0.165 e. The lowest BCUT2D eigenvalue weighted by Gasteiger charge is -2.05. The van der Waals surface area contributed by atoms with Gasteiger partial charge in [-0.1, -0.05) is 28.1 Å². The van der Waals surface area contributed by atoms with E-state index in [1.807, 2.05) is 13.0 Å². The number of hydrogen-bond acceptors (Lipinski definition) is 1. The standard InChI is InChI=1S/C12H14BrFO/c1-9(4-3-7-13)10-5-6-12(15-2)11(14)8-10/h4-6,8H,3,7H2,1-2H3. The van der Waals surface area contributed by atoms with Gasteiger partial charge in [-0.05, 0) is 36.6 Å². The molecule has 0 bridgehead atoms. The van der Waals surface area contributed by atoms with Crippen molar-refractivity contribution in [2.24, 2.45) is 0 Å². The van der Waals surface area contributed by atoms with Crippen molar-refractivity contribution in [1.29, 1.82) is 0 Å². The summed E-state index contributed by atoms with van der Waals surface area (Å²) in [6.07, 6.45) is 3.02. The summed E-state index contributed by atoms with van der Waals surface area (Å²) >= 11 is 3.35. The van der Waals surface area contributed by atoms with Gasteiger partial charge >= 0.3 is 0 Å². The molecule has 1 aromatic carbocycles. The molecule has 0 aliphatic carbocycles. The molecule has 0 radical (unpaired) electrons. The molecule has 0 aliphatic heterocycles. The average molecular weight is 273 g/mol. The van der Waals surface area contributed by atoms with E-state index in [2.05, 4.69) is 22.0 Å². The number of halogens is 2. The molecule has 3 heteroatoms. The Morgan fingerprint density at radius 3 is 2.80 bits per heavy atom. The highest BCUT2D eigenvalue weighted by Crippen LogP contribution is 2.22. The molecule has 0 saturated carbocycles. The van der Waals surface area contributed by atoms with Crippen LogP contribution in [-0.2, 0) is 0 Å². The van der Waals surface area contributed by atoms with Crippen LogP contribution in [0.2, 0.25) is 0 Å². The second-order valence-electron chi connectivity index (χ2n) is 3.21. The van der Waals surface area contributed by atoms with E-state index in [0.29, 0.717) is 0 Å². The first-order chi connectivity index (χ1) is 7.19. The highest BCUT2D eigenvalue weighted by molar-refractivity contribution is 9.09. The maximum atomic E-state index is 13.4. The van der Waals surface area contributed by atoms with Crippen LogP contribution in [0.15, 0.2) is 24.3 Å². The molecular weight excluding hydrogens is 259 g/mol. The van der Waals surface area contributed by atoms with E-state index < -0.39 is 0 Å². The topological polar surface area (TPSA) is 9.23 Å². The van der Waals surface area contributed by atoms with Crippen molar-refractivity contribution in [2.45, 2.75) is 13.3 Å². The number of hydrogen-bond donors (Lipinski definition) is 0. The molecule has 0 N–H and O–H groups in total. The zero-order valence-electron chi connectivity index (χ0n) is 8.89. The number of rotatable bonds is 4. The predicted octanol–water partition coefficient (Wildman–Crippen LogP) is 4.02. The third kappa shape index (κ3) is 3.34. The quantitative estimate of drug-likeness (QED) is 0.753. The Morgan fingerprint density at radius 1 is 1.53 bits per heavy atom. The zero-order chi connectivity index (χ0) is 11.3. The van der Waals surface area contributed by atoms with Gasteiger partial charge in [-0.3, -0.25) is 0 Å². The molecule has 15 heavy (non-hydrogen) atoms. The van der Waals surface area contributed by atoms with Gasteiger partial charge in [0.1, 0.15) is 0 Å². The Labute approximate surface area is 98.1 Å². The molecule has 1 rings (SSSR count). The number of ether oxygens (including phenoxy) is 1. The van der Waals surface area contributed by atoms with Crippen molar-refractivity contribution >= 4 is 21.5 Å². The summed E-state index contributed by atoms with van der Waals surface area (Å²) in [4.78, 5) is 0. The molecule has 82 valence electrons. The number of alkyl halides is 1. The minimum absolute atomic E-state index is 0.284. The Hall–Kier alpha value is -0.830. The molecule has 0 unspecified atom stereocenters. The van der Waals surface area contributed by atoms with Gasteiger partial charge in [-0.25, -0.2) is 4.39 Å². The maximum absolute atomic E-state index is 13.4. The first-order valence-corrected chi connectivity index (χ1v) is 5.88. The van der Waals surface area contributed by atoms with Gasteiger partial charge in [0.25, 0.3) is 0 Å². The molecule has 1 nitrogen and oxygen atoms in total. The van der Waals surface area contributed by atoms with Crippen molar-refractivity contribution in [3.05, 3.63) is 35.7 Å². The predicted molar refractivity (Wildman–Crippen MR) is 65.0 cm³/mol. The van der Waals surface area contributed by atoms with Gasteiger partial charge in [-0.15, -0.1) is 0 Å². The first-order valence-electron chi connectivity index (χ1n) is 4.75. The summed E-state index contributed by atoms with van der Waals surface area (Å²) in [7, 11) is 1.46. The van der Waals surface area contributed by atoms with Crippen LogP contribution >= 0.6 is 15.9 Å². The fourth-order valence-electron chi connectivity index (χ4n) is 1.30. The summed E-state index contributed by atoms with van der Waals surface area (Å²) in [6.45, 7) is 1.98. The van der Waals surface area contributed by atoms with Crippen LogP contribution in [0.3, 0.4) is 0 Å². The third-order valence-electron chi connectivity index (χ3n) is 2.17. The molecule has 0 aromatic heterocycles. The van der Waals surface area contributed by atoms with Crippen LogP contribution < -0.4 is 4.74 Å². The van der Waals surface area contributed by atoms with Gasteiger partial charge in [0.15, 0.2) is 11.6 Å². The van der Waals surface area contributed by atoms with Crippen molar-refractivity contribution in [1.82, 2.24) is 0 Å². The van der Waals surface area contributed by atoms with Gasteiger partial charge in [0, 0.05) is 5.33 Å². The summed E-state index contributed by atoms with van der Waals surface area (Å²) in [5, 5.41) is 0.920. The minimum Gasteiger partial charge on any atom is -0.494 e. The van der Waals surface area contributed by atoms with E-state index in [0.717, 1.165) is 22.9 Å². The fourth-order valence-corrected chi connectivity index (χ4v) is 1.53. The highest BCUT2D eigenvalue weighted by atomic mass is 79.9. The molecule has 0 saturated heterocycles. The lowest BCUT2D eigenvalue weighted by molar-refractivity contribution is 0.386. The monoisotopic (exact) mass is 272 g/mol. The normalized spacial score (nSPS) is 11.6. The summed E-state index contributed by atoms with van der Waals surface area (Å²) < 4.78 is 18.2. The molecule has 0 amide bonds. The molecule has 0 heterocycles. The Morgan fingerprint density at radius 2 is 2.27 bits per heavy atom. The average Bonchev–Trinajstić information content (AvgIpc) is 2.25. The lowest BCUT2D eigenvalue weighted by atomic mass is 10.1. The summed E-state index contributed by atoms with van der Waals surface area (Å²) in [5.41, 5.74) is 1.98. The number of benzene rings is 1. The van der Waals surface area contributed by atoms with Gasteiger partial charge in [0.2, 0.25) is 0 Å². The first kappa shape index (κ1) is 12.2. The van der Waals surface area contributed by atoms with Gasteiger partial charge in [0.05, 0.1) is 7.11 Å². The Balaban J connectivity index is 2.92. The van der Waals surface area contributed by atoms with Crippen LogP contribution in [-0.4, -0.2) is 12.4 Å². The van der Waals surface area contributed by atoms with Gasteiger partial charge < -0.3 is 4.74 Å². The molecular formula is C12H14BrFO. The van der Waals surface area contributed by atoms with E-state index in [1.54, 1.807) is 6.07 Å². The Kier molecular flexibility index (Phi) is 4.82. The van der Waals surface area contributed by atoms with Crippen molar-refractivity contribution in [3.63, 3.8) is 0 Å². The van der Waals surface area contributed by atoms with Crippen LogP contribution in [0.4, 0.5) is 4.39 Å². The molecule has 0 spiro atoms. The lowest BCUT2D eigenvalue weighted by Crippen LogP contribution is -1.89. The van der Waals surface area contributed by atoms with E-state index in [-0.39, 0.29) is 11.6 Å². The van der Waals surface area contributed by atoms with Crippen molar-refractivity contribution in [2.75, 3.05) is 12.4 Å². The Bertz CT molecular complexity index is 361. The minimum atomic E-state index is -0.318. The third-order valence-corrected chi connectivity index (χ3v) is 2.62. The van der Waals surface area contributed by atoms with Crippen LogP contribution in [0.1, 0.15) is 18.9 Å². The largest absolute Gasteiger partial charge is 0.494 e. The summed E-state index contributed by atoms with van der Waals surface area (Å²) in [6, 6.07) is 5.01. The van der Waals surface area contributed by atoms with E-state index in [4.69, 9.17) is 4.74 Å². The van der Waals surface area contributed by atoms with E-state index in [1.165, 1.54) is 13.2 Å². The van der Waals surface area contributed by atoms with Crippen molar-refractivity contribution in [3.8, 4) is 5.75 Å². The zero-order valence-corrected chi connectivity index (χ0v) is 10.5. The van der Waals surface area contributed by atoms with Crippen molar-refractivity contribution < 1.29 is 9.13 Å². The van der Waals surface area contributed by atoms with Gasteiger partial charge in [-0.2, -0.15) is 0 Å². The number of methoxy groups -OCH3 is 1. The molecule has 0 atom stereocenters. The molecule has 0 aliphatic rings. The maximum Gasteiger partial charge on any atom is 0.165 e.